The summed E-state index contributed by atoms with van der Waals surface area (Å²) in [4.78, 5) is 22.9. The van der Waals surface area contributed by atoms with Crippen LogP contribution in [0.2, 0.25) is 18.1 Å². The predicted octanol–water partition coefficient (Wildman–Crippen LogP) is 1.72. The number of carbonyl (C=O) groups excluding carboxylic acids is 2. The molecule has 1 saturated heterocycles. The minimum Gasteiger partial charge on any atom is -0.414 e. The van der Waals surface area contributed by atoms with Crippen LogP contribution in [0.15, 0.2) is 0 Å². The van der Waals surface area contributed by atoms with Gasteiger partial charge in [0.2, 0.25) is 0 Å². The van der Waals surface area contributed by atoms with Gasteiger partial charge in [0, 0.05) is 0 Å². The highest BCUT2D eigenvalue weighted by Crippen LogP contribution is 2.36. The topological polar surface area (TPSA) is 58.6 Å². The second-order valence-corrected chi connectivity index (χ2v) is 11.1. The standard InChI is InChI=1S/C10H21N2O3PSi/c1-10(2,3)17(4,5)15-6-7-8(13)12(16)9(14)11-7/h7H,6,16H2,1-5H3,(H,11,14)/t7-/m0/s1. The Bertz CT molecular complexity index is 341. The van der Waals surface area contributed by atoms with E-state index in [1.54, 1.807) is 0 Å². The molecule has 1 N–H and O–H groups in total. The normalized spacial score (nSPS) is 22.0. The van der Waals surface area contributed by atoms with E-state index in [1.165, 1.54) is 0 Å². The van der Waals surface area contributed by atoms with Gasteiger partial charge in [0.05, 0.1) is 6.61 Å². The van der Waals surface area contributed by atoms with Gasteiger partial charge in [-0.05, 0) is 27.5 Å². The Labute approximate surface area is 106 Å². The quantitative estimate of drug-likeness (QED) is 0.485. The van der Waals surface area contributed by atoms with Gasteiger partial charge in [0.1, 0.15) is 6.04 Å². The molecule has 0 saturated carbocycles. The number of nitrogens with one attached hydrogen (secondary N) is 1. The van der Waals surface area contributed by atoms with Crippen molar-refractivity contribution in [3.63, 3.8) is 0 Å². The lowest BCUT2D eigenvalue weighted by atomic mass is 10.2. The minimum atomic E-state index is -1.87. The van der Waals surface area contributed by atoms with Gasteiger partial charge < -0.3 is 9.74 Å². The number of urea groups is 1. The smallest absolute Gasteiger partial charge is 0.327 e. The zero-order valence-corrected chi connectivity index (χ0v) is 13.2. The number of amides is 3. The highest BCUT2D eigenvalue weighted by atomic mass is 31.0. The molecule has 5 nitrogen and oxygen atoms in total. The number of carbonyl (C=O) groups is 2. The van der Waals surface area contributed by atoms with Crippen LogP contribution < -0.4 is 5.32 Å². The Hall–Kier alpha value is -0.453. The zero-order valence-electron chi connectivity index (χ0n) is 11.0. The fourth-order valence-electron chi connectivity index (χ4n) is 1.17. The van der Waals surface area contributed by atoms with Crippen LogP contribution in [0.25, 0.3) is 0 Å². The van der Waals surface area contributed by atoms with Crippen LogP contribution in [0.5, 0.6) is 0 Å². The van der Waals surface area contributed by atoms with Gasteiger partial charge in [0.15, 0.2) is 8.32 Å². The third kappa shape index (κ3) is 3.06. The molecule has 1 rings (SSSR count). The first-order valence-corrected chi connectivity index (χ1v) is 9.02. The van der Waals surface area contributed by atoms with Crippen molar-refractivity contribution in [3.8, 4) is 0 Å². The molecule has 3 amide bonds. The molecule has 0 aliphatic carbocycles. The van der Waals surface area contributed by atoms with Crippen molar-refractivity contribution in [2.24, 2.45) is 0 Å². The predicted molar refractivity (Wildman–Crippen MR) is 72.0 cm³/mol. The molecule has 0 radical (unpaired) electrons. The van der Waals surface area contributed by atoms with Gasteiger partial charge in [-0.25, -0.2) is 9.46 Å². The zero-order chi connectivity index (χ0) is 13.4. The maximum atomic E-state index is 11.6. The van der Waals surface area contributed by atoms with Gasteiger partial charge in [-0.2, -0.15) is 0 Å². The molecule has 1 fully saturated rings. The summed E-state index contributed by atoms with van der Waals surface area (Å²) < 4.78 is 6.93. The average molecular weight is 276 g/mol. The van der Waals surface area contributed by atoms with Crippen LogP contribution in [0.1, 0.15) is 20.8 Å². The van der Waals surface area contributed by atoms with Gasteiger partial charge >= 0.3 is 6.03 Å². The fourth-order valence-corrected chi connectivity index (χ4v) is 2.44. The number of imide groups is 1. The Morgan fingerprint density at radius 1 is 1.41 bits per heavy atom. The molecule has 98 valence electrons. The van der Waals surface area contributed by atoms with E-state index >= 15 is 0 Å². The molecule has 0 spiro atoms. The lowest BCUT2D eigenvalue weighted by Crippen LogP contribution is -2.45. The Morgan fingerprint density at radius 3 is 2.29 bits per heavy atom. The van der Waals surface area contributed by atoms with Gasteiger partial charge in [0.25, 0.3) is 5.91 Å². The van der Waals surface area contributed by atoms with Crippen molar-refractivity contribution in [2.75, 3.05) is 6.61 Å². The summed E-state index contributed by atoms with van der Waals surface area (Å²) in [5.41, 5.74) is 0. The van der Waals surface area contributed by atoms with Crippen LogP contribution in [0.3, 0.4) is 0 Å². The molecule has 2 atom stereocenters. The molecule has 0 aromatic rings. The van der Waals surface area contributed by atoms with E-state index in [2.05, 4.69) is 48.6 Å². The first kappa shape index (κ1) is 14.6. The monoisotopic (exact) mass is 276 g/mol. The van der Waals surface area contributed by atoms with Gasteiger partial charge in [-0.3, -0.25) is 4.79 Å². The Balaban J connectivity index is 2.59. The molecule has 0 aromatic heterocycles. The van der Waals surface area contributed by atoms with Crippen LogP contribution in [0, 0.1) is 0 Å². The lowest BCUT2D eigenvalue weighted by Gasteiger charge is -2.36. The number of nitrogens with zero attached hydrogens (tertiary/aromatic N) is 1. The van der Waals surface area contributed by atoms with Crippen LogP contribution in [-0.4, -0.2) is 37.6 Å². The minimum absolute atomic E-state index is 0.0965. The number of hydrogen-bond acceptors (Lipinski definition) is 3. The summed E-state index contributed by atoms with van der Waals surface area (Å²) in [5, 5.41) is 2.69. The van der Waals surface area contributed by atoms with Crippen LogP contribution in [0.4, 0.5) is 4.79 Å². The van der Waals surface area contributed by atoms with E-state index in [0.717, 1.165) is 4.67 Å². The summed E-state index contributed by atoms with van der Waals surface area (Å²) in [6, 6.07) is -0.932. The molecule has 7 heteroatoms. The van der Waals surface area contributed by atoms with E-state index in [0.29, 0.717) is 0 Å². The first-order valence-electron chi connectivity index (χ1n) is 5.59. The molecular weight excluding hydrogens is 255 g/mol. The Kier molecular flexibility index (Phi) is 4.01. The van der Waals surface area contributed by atoms with E-state index in [1.807, 2.05) is 0 Å². The van der Waals surface area contributed by atoms with Crippen molar-refractivity contribution in [1.82, 2.24) is 9.99 Å². The van der Waals surface area contributed by atoms with Crippen molar-refractivity contribution in [1.29, 1.82) is 0 Å². The van der Waals surface area contributed by atoms with E-state index < -0.39 is 14.4 Å². The summed E-state index contributed by atoms with van der Waals surface area (Å²) in [6.07, 6.45) is 0. The molecule has 17 heavy (non-hydrogen) atoms. The maximum Gasteiger partial charge on any atom is 0.327 e. The highest BCUT2D eigenvalue weighted by Gasteiger charge is 2.41. The largest absolute Gasteiger partial charge is 0.414 e. The summed E-state index contributed by atoms with van der Waals surface area (Å²) in [6.45, 7) is 10.9. The second kappa shape index (κ2) is 4.67. The molecule has 1 heterocycles. The molecule has 1 aliphatic rings. The molecule has 1 unspecified atom stereocenters. The number of rotatable bonds is 3. The van der Waals surface area contributed by atoms with E-state index in [-0.39, 0.29) is 23.6 Å². The molecule has 0 aromatic carbocycles. The van der Waals surface area contributed by atoms with Crippen molar-refractivity contribution in [3.05, 3.63) is 0 Å². The molecule has 0 bridgehead atoms. The van der Waals surface area contributed by atoms with Crippen molar-refractivity contribution < 1.29 is 14.0 Å². The molecular formula is C10H21N2O3PSi. The third-order valence-electron chi connectivity index (χ3n) is 3.47. The van der Waals surface area contributed by atoms with E-state index in [4.69, 9.17) is 4.43 Å². The van der Waals surface area contributed by atoms with Gasteiger partial charge in [-0.1, -0.05) is 20.8 Å². The third-order valence-corrected chi connectivity index (χ3v) is 8.46. The van der Waals surface area contributed by atoms with Crippen LogP contribution in [-0.2, 0) is 9.22 Å². The number of hydrogen-bond donors (Lipinski definition) is 1. The van der Waals surface area contributed by atoms with Crippen molar-refractivity contribution in [2.45, 2.75) is 44.9 Å². The average Bonchev–Trinajstić information content (AvgIpc) is 2.41. The van der Waals surface area contributed by atoms with Gasteiger partial charge in [-0.15, -0.1) is 0 Å². The summed E-state index contributed by atoms with van der Waals surface area (Å²) >= 11 is 0. The first-order chi connectivity index (χ1) is 7.56. The fraction of sp³-hybridized carbons (Fsp3) is 0.800. The maximum absolute atomic E-state index is 11.6. The molecule has 1 aliphatic heterocycles. The van der Waals surface area contributed by atoms with Crippen molar-refractivity contribution >= 4 is 29.6 Å². The lowest BCUT2D eigenvalue weighted by molar-refractivity contribution is -0.124. The summed E-state index contributed by atoms with van der Waals surface area (Å²) in [7, 11) is 0.233. The second-order valence-electron chi connectivity index (χ2n) is 5.78. The highest BCUT2D eigenvalue weighted by molar-refractivity contribution is 7.16. The summed E-state index contributed by atoms with van der Waals surface area (Å²) in [5.74, 6) is -0.251. The van der Waals surface area contributed by atoms with E-state index in [9.17, 15) is 9.59 Å². The SMILES string of the molecule is CC(C)(C)[Si](C)(C)OC[C@@H]1NC(=O)N(P)C1=O. The van der Waals surface area contributed by atoms with Crippen LogP contribution >= 0.6 is 9.39 Å². The Morgan fingerprint density at radius 2 is 1.94 bits per heavy atom.